The predicted molar refractivity (Wildman–Crippen MR) is 135 cm³/mol. The van der Waals surface area contributed by atoms with Gasteiger partial charge in [0.1, 0.15) is 11.8 Å². The van der Waals surface area contributed by atoms with E-state index >= 15 is 0 Å². The summed E-state index contributed by atoms with van der Waals surface area (Å²) >= 11 is 5.95. The van der Waals surface area contributed by atoms with E-state index in [-0.39, 0.29) is 23.6 Å². The van der Waals surface area contributed by atoms with Gasteiger partial charge in [-0.15, -0.1) is 0 Å². The zero-order valence-electron chi connectivity index (χ0n) is 20.0. The van der Waals surface area contributed by atoms with Crippen molar-refractivity contribution >= 4 is 29.3 Å². The number of carbonyl (C=O) groups excluding carboxylic acids is 3. The van der Waals surface area contributed by atoms with Gasteiger partial charge in [0.05, 0.1) is 7.11 Å². The molecule has 7 nitrogen and oxygen atoms in total. The predicted octanol–water partition coefficient (Wildman–Crippen LogP) is 4.01. The number of hydrogen-bond donors (Lipinski definition) is 1. The number of piperidine rings is 2. The third kappa shape index (κ3) is 6.14. The lowest BCUT2D eigenvalue weighted by molar-refractivity contribution is -0.136. The van der Waals surface area contributed by atoms with E-state index in [1.54, 1.807) is 55.6 Å². The van der Waals surface area contributed by atoms with Crippen LogP contribution in [0.4, 0.5) is 0 Å². The topological polar surface area (TPSA) is 79.0 Å². The van der Waals surface area contributed by atoms with E-state index in [2.05, 4.69) is 5.32 Å². The molecule has 4 rings (SSSR count). The van der Waals surface area contributed by atoms with Crippen LogP contribution < -0.4 is 10.1 Å². The summed E-state index contributed by atoms with van der Waals surface area (Å²) in [5.41, 5.74) is 1.08. The van der Waals surface area contributed by atoms with Crippen LogP contribution in [0.5, 0.6) is 5.75 Å². The third-order valence-electron chi connectivity index (χ3n) is 6.96. The Balaban J connectivity index is 1.45. The molecule has 2 saturated heterocycles. The molecule has 2 aliphatic heterocycles. The molecule has 2 aromatic rings. The SMILES string of the molecule is COc1ccc(C(=O)NC(C(=O)N2CCCCC2)C2CCN(C(=O)c3ccc(Cl)cc3)CC2)cc1. The quantitative estimate of drug-likeness (QED) is 0.654. The minimum atomic E-state index is -0.615. The maximum atomic E-state index is 13.5. The van der Waals surface area contributed by atoms with Crippen LogP contribution in [0.3, 0.4) is 0 Å². The summed E-state index contributed by atoms with van der Waals surface area (Å²) in [6.07, 6.45) is 4.38. The summed E-state index contributed by atoms with van der Waals surface area (Å²) in [5.74, 6) is 0.291. The van der Waals surface area contributed by atoms with E-state index in [1.807, 2.05) is 9.80 Å². The highest BCUT2D eigenvalue weighted by Gasteiger charge is 2.36. The normalized spacial score (nSPS) is 17.5. The zero-order valence-corrected chi connectivity index (χ0v) is 20.8. The Labute approximate surface area is 211 Å². The summed E-state index contributed by atoms with van der Waals surface area (Å²) in [6, 6.07) is 13.1. The van der Waals surface area contributed by atoms with E-state index in [1.165, 1.54) is 0 Å². The molecule has 2 aliphatic rings. The Morgan fingerprint density at radius 2 is 1.46 bits per heavy atom. The molecule has 186 valence electrons. The average molecular weight is 498 g/mol. The van der Waals surface area contributed by atoms with Gasteiger partial charge in [0.25, 0.3) is 11.8 Å². The van der Waals surface area contributed by atoms with Crippen LogP contribution in [-0.4, -0.2) is 66.9 Å². The number of benzene rings is 2. The van der Waals surface area contributed by atoms with Gasteiger partial charge in [0.15, 0.2) is 0 Å². The minimum absolute atomic E-state index is 0.0194. The van der Waals surface area contributed by atoms with Crippen LogP contribution in [0.1, 0.15) is 52.8 Å². The minimum Gasteiger partial charge on any atom is -0.497 e. The number of likely N-dealkylation sites (tertiary alicyclic amines) is 2. The van der Waals surface area contributed by atoms with Crippen molar-refractivity contribution in [3.8, 4) is 5.75 Å². The van der Waals surface area contributed by atoms with Gasteiger partial charge in [0.2, 0.25) is 5.91 Å². The first kappa shape index (κ1) is 25.0. The Kier molecular flexibility index (Phi) is 8.29. The molecule has 35 heavy (non-hydrogen) atoms. The van der Waals surface area contributed by atoms with Gasteiger partial charge in [-0.2, -0.15) is 0 Å². The van der Waals surface area contributed by atoms with Gasteiger partial charge in [-0.3, -0.25) is 14.4 Å². The first-order valence-corrected chi connectivity index (χ1v) is 12.6. The van der Waals surface area contributed by atoms with Crippen molar-refractivity contribution < 1.29 is 19.1 Å². The van der Waals surface area contributed by atoms with E-state index < -0.39 is 6.04 Å². The van der Waals surface area contributed by atoms with Gasteiger partial charge < -0.3 is 19.9 Å². The summed E-state index contributed by atoms with van der Waals surface area (Å²) in [5, 5.41) is 3.62. The summed E-state index contributed by atoms with van der Waals surface area (Å²) in [6.45, 7) is 2.52. The highest BCUT2D eigenvalue weighted by molar-refractivity contribution is 6.30. The third-order valence-corrected chi connectivity index (χ3v) is 7.21. The average Bonchev–Trinajstić information content (AvgIpc) is 2.92. The number of ether oxygens (including phenoxy) is 1. The van der Waals surface area contributed by atoms with Gasteiger partial charge >= 0.3 is 0 Å². The van der Waals surface area contributed by atoms with Crippen LogP contribution >= 0.6 is 11.6 Å². The van der Waals surface area contributed by atoms with Crippen molar-refractivity contribution in [2.45, 2.75) is 38.1 Å². The van der Waals surface area contributed by atoms with Crippen LogP contribution in [0.2, 0.25) is 5.02 Å². The van der Waals surface area contributed by atoms with Crippen molar-refractivity contribution in [3.05, 3.63) is 64.7 Å². The molecule has 0 bridgehead atoms. The maximum absolute atomic E-state index is 13.5. The molecular weight excluding hydrogens is 466 g/mol. The Hall–Kier alpha value is -3.06. The van der Waals surface area contributed by atoms with E-state index in [0.717, 1.165) is 32.4 Å². The Morgan fingerprint density at radius 3 is 2.06 bits per heavy atom. The second kappa shape index (κ2) is 11.6. The number of halogens is 1. The van der Waals surface area contributed by atoms with Gasteiger partial charge in [-0.05, 0) is 86.6 Å². The van der Waals surface area contributed by atoms with Crippen LogP contribution in [0, 0.1) is 5.92 Å². The first-order chi connectivity index (χ1) is 17.0. The van der Waals surface area contributed by atoms with E-state index in [4.69, 9.17) is 16.3 Å². The molecule has 0 aliphatic carbocycles. The number of nitrogens with one attached hydrogen (secondary N) is 1. The number of rotatable bonds is 6. The molecule has 0 radical (unpaired) electrons. The molecule has 2 aromatic carbocycles. The molecule has 1 unspecified atom stereocenters. The second-order valence-corrected chi connectivity index (χ2v) is 9.64. The van der Waals surface area contributed by atoms with Crippen molar-refractivity contribution in [2.24, 2.45) is 5.92 Å². The lowest BCUT2D eigenvalue weighted by Crippen LogP contribution is -2.55. The van der Waals surface area contributed by atoms with Crippen molar-refractivity contribution in [1.29, 1.82) is 0 Å². The summed E-state index contributed by atoms with van der Waals surface area (Å²) in [7, 11) is 1.58. The van der Waals surface area contributed by atoms with Gasteiger partial charge in [-0.1, -0.05) is 11.6 Å². The smallest absolute Gasteiger partial charge is 0.253 e. The molecule has 0 saturated carbocycles. The molecule has 3 amide bonds. The van der Waals surface area contributed by atoms with E-state index in [0.29, 0.717) is 47.8 Å². The fraction of sp³-hybridized carbons (Fsp3) is 0.444. The Bertz CT molecular complexity index is 1030. The lowest BCUT2D eigenvalue weighted by Gasteiger charge is -2.38. The van der Waals surface area contributed by atoms with Gasteiger partial charge in [-0.25, -0.2) is 0 Å². The highest BCUT2D eigenvalue weighted by Crippen LogP contribution is 2.25. The Morgan fingerprint density at radius 1 is 0.857 bits per heavy atom. The molecule has 1 atom stereocenters. The standard InChI is InChI=1S/C27H32ClN3O4/c1-35-23-11-7-20(8-12-23)25(32)29-24(27(34)30-15-3-2-4-16-30)19-13-17-31(18-14-19)26(33)21-5-9-22(28)10-6-21/h5-12,19,24H,2-4,13-18H2,1H3,(H,29,32). The molecule has 8 heteroatoms. The summed E-state index contributed by atoms with van der Waals surface area (Å²) in [4.78, 5) is 43.2. The molecule has 2 fully saturated rings. The largest absolute Gasteiger partial charge is 0.497 e. The lowest BCUT2D eigenvalue weighted by atomic mass is 9.87. The van der Waals surface area contributed by atoms with Crippen molar-refractivity contribution in [1.82, 2.24) is 15.1 Å². The highest BCUT2D eigenvalue weighted by atomic mass is 35.5. The molecule has 0 spiro atoms. The summed E-state index contributed by atoms with van der Waals surface area (Å²) < 4.78 is 5.18. The van der Waals surface area contributed by atoms with Crippen LogP contribution in [-0.2, 0) is 4.79 Å². The first-order valence-electron chi connectivity index (χ1n) is 12.2. The van der Waals surface area contributed by atoms with Crippen molar-refractivity contribution in [3.63, 3.8) is 0 Å². The number of nitrogens with zero attached hydrogens (tertiary/aromatic N) is 2. The molecule has 0 aromatic heterocycles. The fourth-order valence-corrected chi connectivity index (χ4v) is 5.00. The van der Waals surface area contributed by atoms with E-state index in [9.17, 15) is 14.4 Å². The second-order valence-electron chi connectivity index (χ2n) is 9.20. The van der Waals surface area contributed by atoms with Crippen molar-refractivity contribution in [2.75, 3.05) is 33.3 Å². The van der Waals surface area contributed by atoms with Crippen LogP contribution in [0.25, 0.3) is 0 Å². The van der Waals surface area contributed by atoms with Crippen LogP contribution in [0.15, 0.2) is 48.5 Å². The molecule has 1 N–H and O–H groups in total. The number of amides is 3. The maximum Gasteiger partial charge on any atom is 0.253 e. The fourth-order valence-electron chi connectivity index (χ4n) is 4.87. The van der Waals surface area contributed by atoms with Gasteiger partial charge in [0, 0.05) is 42.3 Å². The molecular formula is C27H32ClN3O4. The number of methoxy groups -OCH3 is 1. The zero-order chi connectivity index (χ0) is 24.8. The molecule has 2 heterocycles. The number of carbonyl (C=O) groups is 3. The monoisotopic (exact) mass is 497 g/mol. The number of hydrogen-bond acceptors (Lipinski definition) is 4.